The summed E-state index contributed by atoms with van der Waals surface area (Å²) in [5.74, 6) is 2.80. The smallest absolute Gasteiger partial charge is 0.326 e. The number of aromatic nitrogens is 4. The van der Waals surface area contributed by atoms with Crippen LogP contribution in [0.2, 0.25) is 0 Å². The van der Waals surface area contributed by atoms with Gasteiger partial charge in [0.15, 0.2) is 20.7 Å². The molecule has 0 unspecified atom stereocenters. The van der Waals surface area contributed by atoms with Crippen molar-refractivity contribution < 1.29 is 21.6 Å². The van der Waals surface area contributed by atoms with E-state index in [0.29, 0.717) is 11.2 Å². The third-order valence-corrected chi connectivity index (χ3v) is 8.00. The number of nitrogens with zero attached hydrogens (tertiary/aromatic N) is 4. The zero-order chi connectivity index (χ0) is 23.8. The van der Waals surface area contributed by atoms with E-state index in [-0.39, 0.29) is 33.2 Å². The lowest BCUT2D eigenvalue weighted by molar-refractivity contribution is -0.137. The van der Waals surface area contributed by atoms with E-state index in [1.165, 1.54) is 17.4 Å². The summed E-state index contributed by atoms with van der Waals surface area (Å²) in [4.78, 5) is 8.92. The molecule has 170 valence electrons. The molecule has 0 saturated heterocycles. The molecule has 0 bridgehead atoms. The van der Waals surface area contributed by atoms with Gasteiger partial charge in [-0.15, -0.1) is 6.42 Å². The zero-order valence-electron chi connectivity index (χ0n) is 17.8. The fourth-order valence-corrected chi connectivity index (χ4v) is 5.29. The van der Waals surface area contributed by atoms with E-state index >= 15 is 0 Å². The van der Waals surface area contributed by atoms with Crippen LogP contribution in [0.5, 0.6) is 0 Å². The Labute approximate surface area is 188 Å². The van der Waals surface area contributed by atoms with Crippen LogP contribution in [0.1, 0.15) is 30.9 Å². The number of aryl methyl sites for hydroxylation is 1. The Morgan fingerprint density at radius 3 is 2.52 bits per heavy atom. The maximum absolute atomic E-state index is 13.2. The number of sulfone groups is 1. The summed E-state index contributed by atoms with van der Waals surface area (Å²) in [7, 11) is -2.14. The number of rotatable bonds is 4. The number of pyridine rings is 1. The molecule has 1 aliphatic rings. The molecule has 5 rings (SSSR count). The summed E-state index contributed by atoms with van der Waals surface area (Å²) < 4.78 is 68.7. The molecule has 1 aromatic carbocycles. The van der Waals surface area contributed by atoms with Crippen molar-refractivity contribution in [2.75, 3.05) is 5.75 Å². The summed E-state index contributed by atoms with van der Waals surface area (Å²) in [5, 5.41) is -0.0495. The second kappa shape index (κ2) is 6.84. The van der Waals surface area contributed by atoms with Gasteiger partial charge in [-0.3, -0.25) is 4.40 Å². The van der Waals surface area contributed by atoms with Crippen molar-refractivity contribution in [3.05, 3.63) is 47.7 Å². The van der Waals surface area contributed by atoms with E-state index in [9.17, 15) is 21.6 Å². The summed E-state index contributed by atoms with van der Waals surface area (Å²) in [6.45, 7) is 1.52. The quantitative estimate of drug-likeness (QED) is 0.414. The van der Waals surface area contributed by atoms with Crippen molar-refractivity contribution >= 4 is 26.5 Å². The highest BCUT2D eigenvalue weighted by molar-refractivity contribution is 7.91. The number of imidazole rings is 2. The van der Waals surface area contributed by atoms with Crippen LogP contribution in [-0.4, -0.2) is 33.1 Å². The van der Waals surface area contributed by atoms with Crippen molar-refractivity contribution in [2.45, 2.75) is 36.4 Å². The van der Waals surface area contributed by atoms with Crippen LogP contribution in [0.3, 0.4) is 0 Å². The first-order chi connectivity index (χ1) is 15.5. The molecule has 0 radical (unpaired) electrons. The molecular formula is C23H19F3N4O2S. The maximum Gasteiger partial charge on any atom is 0.416 e. The molecule has 6 nitrogen and oxygen atoms in total. The van der Waals surface area contributed by atoms with Crippen LogP contribution in [0.15, 0.2) is 41.6 Å². The predicted octanol–water partition coefficient (Wildman–Crippen LogP) is 4.37. The average Bonchev–Trinajstić information content (AvgIpc) is 3.38. The van der Waals surface area contributed by atoms with Gasteiger partial charge in [0, 0.05) is 13.2 Å². The van der Waals surface area contributed by atoms with Crippen LogP contribution < -0.4 is 0 Å². The summed E-state index contributed by atoms with van der Waals surface area (Å²) in [6, 6.07) is 6.81. The largest absolute Gasteiger partial charge is 0.416 e. The lowest BCUT2D eigenvalue weighted by Gasteiger charge is -2.09. The molecule has 33 heavy (non-hydrogen) atoms. The zero-order valence-corrected chi connectivity index (χ0v) is 18.6. The highest BCUT2D eigenvalue weighted by Gasteiger charge is 2.43. The Kier molecular flexibility index (Phi) is 4.46. The first-order valence-corrected chi connectivity index (χ1v) is 11.9. The van der Waals surface area contributed by atoms with Gasteiger partial charge in [0.1, 0.15) is 11.3 Å². The van der Waals surface area contributed by atoms with E-state index < -0.39 is 21.6 Å². The number of alkyl halides is 3. The Morgan fingerprint density at radius 2 is 1.91 bits per heavy atom. The standard InChI is InChI=1S/C23H19F3N4O2S/c1-4-22(9-10-22)14-8-11-30-18(13-14)28-19(21(30)33(31,32)5-2)20-27-16-12-15(23(24,25)26)6-7-17(16)29(20)3/h1,6-8,11-13H,5,9-10H2,2-3H3. The minimum absolute atomic E-state index is 0.0495. The van der Waals surface area contributed by atoms with Gasteiger partial charge in [-0.1, -0.05) is 12.8 Å². The molecule has 0 aliphatic heterocycles. The lowest BCUT2D eigenvalue weighted by atomic mass is 9.98. The minimum Gasteiger partial charge on any atom is -0.326 e. The number of hydrogen-bond donors (Lipinski definition) is 0. The van der Waals surface area contributed by atoms with Gasteiger partial charge in [-0.25, -0.2) is 18.4 Å². The highest BCUT2D eigenvalue weighted by Crippen LogP contribution is 2.48. The van der Waals surface area contributed by atoms with Gasteiger partial charge in [0.05, 0.1) is 27.8 Å². The molecule has 0 spiro atoms. The number of terminal acetylenes is 1. The molecule has 3 aromatic heterocycles. The average molecular weight is 472 g/mol. The Morgan fingerprint density at radius 1 is 1.18 bits per heavy atom. The fourth-order valence-electron chi connectivity index (χ4n) is 4.13. The first kappa shape index (κ1) is 21.5. The third-order valence-electron chi connectivity index (χ3n) is 6.26. The Balaban J connectivity index is 1.78. The van der Waals surface area contributed by atoms with Crippen molar-refractivity contribution in [2.24, 2.45) is 7.05 Å². The number of halogens is 3. The molecule has 1 aliphatic carbocycles. The van der Waals surface area contributed by atoms with E-state index in [1.54, 1.807) is 29.9 Å². The molecule has 10 heteroatoms. The third kappa shape index (κ3) is 3.22. The van der Waals surface area contributed by atoms with E-state index in [4.69, 9.17) is 6.42 Å². The molecule has 3 heterocycles. The molecule has 0 N–H and O–H groups in total. The normalized spacial score (nSPS) is 15.8. The van der Waals surface area contributed by atoms with Crippen LogP contribution in [0.4, 0.5) is 13.2 Å². The Hall–Kier alpha value is -3.32. The van der Waals surface area contributed by atoms with Crippen molar-refractivity contribution in [3.63, 3.8) is 0 Å². The fraction of sp³-hybridized carbons (Fsp3) is 0.304. The Bertz CT molecular complexity index is 1590. The molecule has 0 amide bonds. The monoisotopic (exact) mass is 472 g/mol. The van der Waals surface area contributed by atoms with Crippen molar-refractivity contribution in [3.8, 4) is 23.9 Å². The SMILES string of the molecule is C#CC1(c2ccn3c(S(=O)(=O)CC)c(-c4nc5cc(C(F)(F)F)ccc5n4C)nc3c2)CC1. The van der Waals surface area contributed by atoms with Gasteiger partial charge < -0.3 is 4.57 Å². The topological polar surface area (TPSA) is 69.3 Å². The van der Waals surface area contributed by atoms with E-state index in [2.05, 4.69) is 15.9 Å². The molecule has 1 saturated carbocycles. The molecule has 0 atom stereocenters. The molecule has 4 aromatic rings. The van der Waals surface area contributed by atoms with E-state index in [1.807, 2.05) is 0 Å². The van der Waals surface area contributed by atoms with Crippen molar-refractivity contribution in [1.82, 2.24) is 18.9 Å². The highest BCUT2D eigenvalue weighted by atomic mass is 32.2. The summed E-state index contributed by atoms with van der Waals surface area (Å²) >= 11 is 0. The first-order valence-electron chi connectivity index (χ1n) is 10.3. The lowest BCUT2D eigenvalue weighted by Crippen LogP contribution is -2.10. The predicted molar refractivity (Wildman–Crippen MR) is 117 cm³/mol. The van der Waals surface area contributed by atoms with Crippen LogP contribution >= 0.6 is 0 Å². The number of fused-ring (bicyclic) bond motifs is 2. The van der Waals surface area contributed by atoms with Crippen molar-refractivity contribution in [1.29, 1.82) is 0 Å². The number of benzene rings is 1. The minimum atomic E-state index is -4.52. The van der Waals surface area contributed by atoms with Gasteiger partial charge in [0.25, 0.3) is 0 Å². The van der Waals surface area contributed by atoms with Gasteiger partial charge in [-0.2, -0.15) is 13.2 Å². The second-order valence-electron chi connectivity index (χ2n) is 8.23. The van der Waals surface area contributed by atoms with Crippen LogP contribution in [0, 0.1) is 12.3 Å². The second-order valence-corrected chi connectivity index (χ2v) is 10.4. The van der Waals surface area contributed by atoms with Crippen LogP contribution in [0.25, 0.3) is 28.2 Å². The molecule has 1 fully saturated rings. The van der Waals surface area contributed by atoms with E-state index in [0.717, 1.165) is 30.5 Å². The molecular weight excluding hydrogens is 453 g/mol. The van der Waals surface area contributed by atoms with Crippen LogP contribution in [-0.2, 0) is 28.5 Å². The van der Waals surface area contributed by atoms with Gasteiger partial charge in [0.2, 0.25) is 0 Å². The summed E-state index contributed by atoms with van der Waals surface area (Å²) in [5.41, 5.74) is 0.706. The van der Waals surface area contributed by atoms with Gasteiger partial charge in [-0.05, 0) is 48.7 Å². The number of hydrogen-bond acceptors (Lipinski definition) is 4. The van der Waals surface area contributed by atoms with Gasteiger partial charge >= 0.3 is 6.18 Å². The maximum atomic E-state index is 13.2. The summed E-state index contributed by atoms with van der Waals surface area (Å²) in [6.07, 6.45) is 4.51.